The van der Waals surface area contributed by atoms with Crippen molar-refractivity contribution in [3.63, 3.8) is 0 Å². The number of amides is 2. The highest BCUT2D eigenvalue weighted by Crippen LogP contribution is 2.31. The zero-order valence-corrected chi connectivity index (χ0v) is 16.4. The first-order chi connectivity index (χ1) is 14.7. The smallest absolute Gasteiger partial charge is 0.244 e. The van der Waals surface area contributed by atoms with Crippen molar-refractivity contribution >= 4 is 34.7 Å². The van der Waals surface area contributed by atoms with Crippen molar-refractivity contribution in [3.05, 3.63) is 78.5 Å². The van der Waals surface area contributed by atoms with Crippen LogP contribution in [0.4, 0.5) is 17.2 Å². The van der Waals surface area contributed by atoms with Crippen LogP contribution >= 0.6 is 0 Å². The molecular formula is C23H20N4O3. The van der Waals surface area contributed by atoms with E-state index in [-0.39, 0.29) is 24.8 Å². The maximum absolute atomic E-state index is 13.1. The summed E-state index contributed by atoms with van der Waals surface area (Å²) in [6.07, 6.45) is 1.66. The third-order valence-electron chi connectivity index (χ3n) is 4.69. The first-order valence-electron chi connectivity index (χ1n) is 9.47. The summed E-state index contributed by atoms with van der Waals surface area (Å²) in [6.45, 7) is -0.182. The first-order valence-corrected chi connectivity index (χ1v) is 9.47. The SMILES string of the molecule is COc1ccccc1NC(=O)CN1C(=O)CC(c2ccccc2)=Nc2cccnc21. The summed E-state index contributed by atoms with van der Waals surface area (Å²) in [5.74, 6) is 0.308. The molecule has 0 bridgehead atoms. The minimum absolute atomic E-state index is 0.0717. The number of para-hydroxylation sites is 2. The third kappa shape index (κ3) is 4.05. The highest BCUT2D eigenvalue weighted by Gasteiger charge is 2.27. The van der Waals surface area contributed by atoms with E-state index >= 15 is 0 Å². The molecule has 2 aromatic carbocycles. The van der Waals surface area contributed by atoms with E-state index in [4.69, 9.17) is 4.74 Å². The fraction of sp³-hybridized carbons (Fsp3) is 0.130. The van der Waals surface area contributed by atoms with Gasteiger partial charge in [-0.1, -0.05) is 42.5 Å². The summed E-state index contributed by atoms with van der Waals surface area (Å²) < 4.78 is 5.27. The maximum Gasteiger partial charge on any atom is 0.244 e. The lowest BCUT2D eigenvalue weighted by atomic mass is 10.1. The van der Waals surface area contributed by atoms with Crippen LogP contribution in [0.1, 0.15) is 12.0 Å². The molecule has 0 unspecified atom stereocenters. The van der Waals surface area contributed by atoms with Gasteiger partial charge in [0.05, 0.1) is 24.9 Å². The van der Waals surface area contributed by atoms with Crippen molar-refractivity contribution in [1.29, 1.82) is 0 Å². The van der Waals surface area contributed by atoms with E-state index in [2.05, 4.69) is 15.3 Å². The van der Waals surface area contributed by atoms with Crippen molar-refractivity contribution in [2.75, 3.05) is 23.9 Å². The molecule has 1 aliphatic heterocycles. The van der Waals surface area contributed by atoms with Crippen LogP contribution in [-0.2, 0) is 9.59 Å². The molecule has 0 spiro atoms. The average molecular weight is 400 g/mol. The molecule has 2 heterocycles. The van der Waals surface area contributed by atoms with Crippen LogP contribution in [-0.4, -0.2) is 36.2 Å². The largest absolute Gasteiger partial charge is 0.495 e. The Morgan fingerprint density at radius 1 is 1.07 bits per heavy atom. The Kier molecular flexibility index (Phi) is 5.52. The molecule has 0 saturated heterocycles. The molecule has 3 aromatic rings. The summed E-state index contributed by atoms with van der Waals surface area (Å²) in [6, 6.07) is 20.2. The molecule has 0 atom stereocenters. The molecule has 1 aromatic heterocycles. The van der Waals surface area contributed by atoms with Crippen molar-refractivity contribution in [1.82, 2.24) is 4.98 Å². The maximum atomic E-state index is 13.1. The second-order valence-electron chi connectivity index (χ2n) is 6.68. The number of nitrogens with zero attached hydrogens (tertiary/aromatic N) is 3. The number of hydrogen-bond donors (Lipinski definition) is 1. The summed E-state index contributed by atoms with van der Waals surface area (Å²) in [5.41, 5.74) is 2.59. The number of rotatable bonds is 5. The zero-order valence-electron chi connectivity index (χ0n) is 16.4. The van der Waals surface area contributed by atoms with Gasteiger partial charge in [0.15, 0.2) is 5.82 Å². The Morgan fingerprint density at radius 2 is 1.83 bits per heavy atom. The number of carbonyl (C=O) groups is 2. The summed E-state index contributed by atoms with van der Waals surface area (Å²) in [4.78, 5) is 36.2. The van der Waals surface area contributed by atoms with Crippen molar-refractivity contribution in [3.8, 4) is 5.75 Å². The number of nitrogens with one attached hydrogen (secondary N) is 1. The van der Waals surface area contributed by atoms with Crippen molar-refractivity contribution < 1.29 is 14.3 Å². The number of aromatic nitrogens is 1. The fourth-order valence-electron chi connectivity index (χ4n) is 3.27. The van der Waals surface area contributed by atoms with Gasteiger partial charge in [-0.05, 0) is 29.8 Å². The van der Waals surface area contributed by atoms with E-state index in [0.717, 1.165) is 5.56 Å². The Labute approximate surface area is 174 Å². The number of carbonyl (C=O) groups excluding carboxylic acids is 2. The van der Waals surface area contributed by atoms with Gasteiger partial charge in [-0.25, -0.2) is 9.98 Å². The second kappa shape index (κ2) is 8.57. The predicted octanol–water partition coefficient (Wildman–Crippen LogP) is 3.59. The van der Waals surface area contributed by atoms with Crippen LogP contribution in [0, 0.1) is 0 Å². The van der Waals surface area contributed by atoms with Crippen molar-refractivity contribution in [2.45, 2.75) is 6.42 Å². The Hall–Kier alpha value is -4.00. The molecule has 0 radical (unpaired) electrons. The highest BCUT2D eigenvalue weighted by atomic mass is 16.5. The molecule has 0 aliphatic carbocycles. The van der Waals surface area contributed by atoms with Gasteiger partial charge in [0.1, 0.15) is 18.0 Å². The van der Waals surface area contributed by atoms with Crippen molar-refractivity contribution in [2.24, 2.45) is 4.99 Å². The first kappa shape index (κ1) is 19.3. The minimum Gasteiger partial charge on any atom is -0.495 e. The number of hydrogen-bond acceptors (Lipinski definition) is 5. The lowest BCUT2D eigenvalue weighted by Gasteiger charge is -2.21. The number of aliphatic imine (C=N–C) groups is 1. The van der Waals surface area contributed by atoms with Gasteiger partial charge in [0.2, 0.25) is 11.8 Å². The number of anilines is 2. The third-order valence-corrected chi connectivity index (χ3v) is 4.69. The standard InChI is InChI=1S/C23H20N4O3/c1-30-20-12-6-5-10-17(20)26-21(28)15-27-22(29)14-19(16-8-3-2-4-9-16)25-18-11-7-13-24-23(18)27/h2-13H,14-15H2,1H3,(H,26,28). The Morgan fingerprint density at radius 3 is 2.63 bits per heavy atom. The number of fused-ring (bicyclic) bond motifs is 1. The summed E-state index contributed by atoms with van der Waals surface area (Å²) in [5, 5.41) is 2.80. The predicted molar refractivity (Wildman–Crippen MR) is 115 cm³/mol. The van der Waals surface area contributed by atoms with Crippen LogP contribution in [0.2, 0.25) is 0 Å². The normalized spacial score (nSPS) is 13.2. The molecule has 7 nitrogen and oxygen atoms in total. The summed E-state index contributed by atoms with van der Waals surface area (Å²) >= 11 is 0. The number of methoxy groups -OCH3 is 1. The van der Waals surface area contributed by atoms with E-state index in [9.17, 15) is 9.59 Å². The Balaban J connectivity index is 1.61. The van der Waals surface area contributed by atoms with Crippen LogP contribution in [0.25, 0.3) is 0 Å². The zero-order chi connectivity index (χ0) is 20.9. The van der Waals surface area contributed by atoms with Crippen LogP contribution in [0.5, 0.6) is 5.75 Å². The van der Waals surface area contributed by atoms with E-state index in [1.807, 2.05) is 36.4 Å². The van der Waals surface area contributed by atoms with Gasteiger partial charge in [-0.15, -0.1) is 0 Å². The lowest BCUT2D eigenvalue weighted by molar-refractivity contribution is -0.120. The fourth-order valence-corrected chi connectivity index (χ4v) is 3.27. The van der Waals surface area contributed by atoms with Crippen LogP contribution in [0.15, 0.2) is 77.9 Å². The average Bonchev–Trinajstić information content (AvgIpc) is 2.91. The van der Waals surface area contributed by atoms with Gasteiger partial charge in [-0.3, -0.25) is 14.5 Å². The van der Waals surface area contributed by atoms with Crippen LogP contribution < -0.4 is 15.0 Å². The number of pyridine rings is 1. The topological polar surface area (TPSA) is 83.9 Å². The molecule has 1 aliphatic rings. The molecule has 7 heteroatoms. The quantitative estimate of drug-likeness (QED) is 0.709. The van der Waals surface area contributed by atoms with Gasteiger partial charge in [0, 0.05) is 6.20 Å². The van der Waals surface area contributed by atoms with E-state index in [1.165, 1.54) is 12.0 Å². The van der Waals surface area contributed by atoms with Gasteiger partial charge in [-0.2, -0.15) is 0 Å². The highest BCUT2D eigenvalue weighted by molar-refractivity contribution is 6.18. The van der Waals surface area contributed by atoms with E-state index in [1.54, 1.807) is 36.5 Å². The number of ether oxygens (including phenoxy) is 1. The second-order valence-corrected chi connectivity index (χ2v) is 6.68. The molecule has 1 N–H and O–H groups in total. The monoisotopic (exact) mass is 400 g/mol. The summed E-state index contributed by atoms with van der Waals surface area (Å²) in [7, 11) is 1.53. The molecule has 30 heavy (non-hydrogen) atoms. The Bertz CT molecular complexity index is 1110. The number of benzene rings is 2. The molecule has 4 rings (SSSR count). The van der Waals surface area contributed by atoms with Gasteiger partial charge < -0.3 is 10.1 Å². The molecule has 0 saturated carbocycles. The minimum atomic E-state index is -0.354. The van der Waals surface area contributed by atoms with Gasteiger partial charge >= 0.3 is 0 Å². The molecule has 150 valence electrons. The molecule has 2 amide bonds. The molecule has 0 fully saturated rings. The van der Waals surface area contributed by atoms with E-state index < -0.39 is 0 Å². The lowest BCUT2D eigenvalue weighted by Crippen LogP contribution is -2.39. The molecular weight excluding hydrogens is 380 g/mol. The van der Waals surface area contributed by atoms with Gasteiger partial charge in [0.25, 0.3) is 0 Å². The van der Waals surface area contributed by atoms with Crippen LogP contribution in [0.3, 0.4) is 0 Å². The van der Waals surface area contributed by atoms with E-state index in [0.29, 0.717) is 28.7 Å².